The second kappa shape index (κ2) is 7.99. The van der Waals surface area contributed by atoms with Gasteiger partial charge in [-0.15, -0.1) is 0 Å². The van der Waals surface area contributed by atoms with Gasteiger partial charge in [0.05, 0.1) is 12.7 Å². The van der Waals surface area contributed by atoms with Gasteiger partial charge in [-0.05, 0) is 52.4 Å². The van der Waals surface area contributed by atoms with Gasteiger partial charge in [0.15, 0.2) is 6.10 Å². The summed E-state index contributed by atoms with van der Waals surface area (Å²) in [5.74, 6) is 0.0938. The van der Waals surface area contributed by atoms with E-state index in [2.05, 4.69) is 0 Å². The standard InChI is InChI=1S/C16H30O4/c1-5-7-14(15(18)20-16(2,3)4)19-11-12-8-6-9-13(17)10-12/h12-14,17H,5-11H2,1-4H3/t12-,13+,14?/m0/s1. The Morgan fingerprint density at radius 2 is 2.05 bits per heavy atom. The molecule has 0 bridgehead atoms. The first-order valence-electron chi connectivity index (χ1n) is 7.84. The molecule has 0 aromatic heterocycles. The van der Waals surface area contributed by atoms with Gasteiger partial charge < -0.3 is 14.6 Å². The first kappa shape index (κ1) is 17.4. The maximum atomic E-state index is 12.1. The van der Waals surface area contributed by atoms with E-state index in [-0.39, 0.29) is 12.1 Å². The zero-order valence-electron chi connectivity index (χ0n) is 13.4. The van der Waals surface area contributed by atoms with E-state index < -0.39 is 11.7 Å². The molecule has 0 aromatic rings. The molecule has 1 aliphatic carbocycles. The van der Waals surface area contributed by atoms with Crippen LogP contribution in [-0.2, 0) is 14.3 Å². The molecule has 0 aromatic carbocycles. The van der Waals surface area contributed by atoms with Gasteiger partial charge in [0, 0.05) is 0 Å². The predicted octanol–water partition coefficient (Wildman–Crippen LogP) is 3.06. The maximum absolute atomic E-state index is 12.1. The molecule has 0 aliphatic heterocycles. The van der Waals surface area contributed by atoms with E-state index in [0.29, 0.717) is 18.9 Å². The second-order valence-corrected chi connectivity index (χ2v) is 6.83. The Bertz CT molecular complexity index is 295. The van der Waals surface area contributed by atoms with Gasteiger partial charge in [-0.2, -0.15) is 0 Å². The number of carbonyl (C=O) groups is 1. The molecule has 1 fully saturated rings. The van der Waals surface area contributed by atoms with Crippen LogP contribution in [-0.4, -0.2) is 35.5 Å². The van der Waals surface area contributed by atoms with E-state index in [1.165, 1.54) is 0 Å². The van der Waals surface area contributed by atoms with Gasteiger partial charge in [0.1, 0.15) is 5.60 Å². The first-order valence-corrected chi connectivity index (χ1v) is 7.84. The lowest BCUT2D eigenvalue weighted by Crippen LogP contribution is -2.35. The van der Waals surface area contributed by atoms with Crippen molar-refractivity contribution in [3.63, 3.8) is 0 Å². The van der Waals surface area contributed by atoms with Crippen LogP contribution >= 0.6 is 0 Å². The Labute approximate surface area is 122 Å². The van der Waals surface area contributed by atoms with Crippen LogP contribution in [0.3, 0.4) is 0 Å². The highest BCUT2D eigenvalue weighted by Gasteiger charge is 2.27. The first-order chi connectivity index (χ1) is 9.31. The van der Waals surface area contributed by atoms with E-state index in [9.17, 15) is 9.90 Å². The third-order valence-electron chi connectivity index (χ3n) is 3.51. The average Bonchev–Trinajstić information content (AvgIpc) is 2.32. The second-order valence-electron chi connectivity index (χ2n) is 6.83. The molecule has 3 atom stereocenters. The molecule has 4 heteroatoms. The molecule has 0 spiro atoms. The fourth-order valence-corrected chi connectivity index (χ4v) is 2.57. The molecule has 0 radical (unpaired) electrons. The number of ether oxygens (including phenoxy) is 2. The highest BCUT2D eigenvalue weighted by Crippen LogP contribution is 2.25. The zero-order chi connectivity index (χ0) is 15.2. The molecular weight excluding hydrogens is 256 g/mol. The SMILES string of the molecule is CCCC(OC[C@H]1CCC[C@@H](O)C1)C(=O)OC(C)(C)C. The minimum atomic E-state index is -0.479. The molecule has 1 unspecified atom stereocenters. The normalized spacial score (nSPS) is 25.2. The van der Waals surface area contributed by atoms with Gasteiger partial charge in [-0.3, -0.25) is 0 Å². The summed E-state index contributed by atoms with van der Waals surface area (Å²) >= 11 is 0. The summed E-state index contributed by atoms with van der Waals surface area (Å²) in [6.07, 6.45) is 4.68. The van der Waals surface area contributed by atoms with Crippen LogP contribution in [0.1, 0.15) is 66.2 Å². The van der Waals surface area contributed by atoms with Gasteiger partial charge >= 0.3 is 5.97 Å². The van der Waals surface area contributed by atoms with Crippen molar-refractivity contribution < 1.29 is 19.4 Å². The number of aliphatic hydroxyl groups excluding tert-OH is 1. The molecule has 118 valence electrons. The van der Waals surface area contributed by atoms with Crippen LogP contribution in [0.25, 0.3) is 0 Å². The fraction of sp³-hybridized carbons (Fsp3) is 0.938. The monoisotopic (exact) mass is 286 g/mol. The molecule has 1 saturated carbocycles. The average molecular weight is 286 g/mol. The van der Waals surface area contributed by atoms with Gasteiger partial charge in [0.2, 0.25) is 0 Å². The third kappa shape index (κ3) is 6.71. The van der Waals surface area contributed by atoms with Crippen molar-refractivity contribution in [2.75, 3.05) is 6.61 Å². The summed E-state index contributed by atoms with van der Waals surface area (Å²) in [6.45, 7) is 8.17. The van der Waals surface area contributed by atoms with Gasteiger partial charge in [-0.1, -0.05) is 19.8 Å². The van der Waals surface area contributed by atoms with Crippen molar-refractivity contribution in [1.82, 2.24) is 0 Å². The maximum Gasteiger partial charge on any atom is 0.335 e. The number of carbonyl (C=O) groups excluding carboxylic acids is 1. The third-order valence-corrected chi connectivity index (χ3v) is 3.51. The summed E-state index contributed by atoms with van der Waals surface area (Å²) in [5.41, 5.74) is -0.479. The lowest BCUT2D eigenvalue weighted by atomic mass is 9.88. The lowest BCUT2D eigenvalue weighted by Gasteiger charge is -2.28. The molecule has 0 amide bonds. The van der Waals surface area contributed by atoms with Crippen LogP contribution < -0.4 is 0 Å². The van der Waals surface area contributed by atoms with Crippen LogP contribution in [0, 0.1) is 5.92 Å². The number of aliphatic hydroxyl groups is 1. The number of esters is 1. The number of hydrogen-bond acceptors (Lipinski definition) is 4. The van der Waals surface area contributed by atoms with Crippen molar-refractivity contribution in [1.29, 1.82) is 0 Å². The van der Waals surface area contributed by atoms with Gasteiger partial charge in [0.25, 0.3) is 0 Å². The van der Waals surface area contributed by atoms with Crippen molar-refractivity contribution in [3.05, 3.63) is 0 Å². The minimum Gasteiger partial charge on any atom is -0.458 e. The Balaban J connectivity index is 2.43. The molecule has 4 nitrogen and oxygen atoms in total. The van der Waals surface area contributed by atoms with E-state index in [0.717, 1.165) is 32.1 Å². The molecule has 20 heavy (non-hydrogen) atoms. The summed E-state index contributed by atoms with van der Waals surface area (Å²) in [7, 11) is 0. The van der Waals surface area contributed by atoms with Crippen LogP contribution in [0.15, 0.2) is 0 Å². The van der Waals surface area contributed by atoms with E-state index in [1.807, 2.05) is 27.7 Å². The fourth-order valence-electron chi connectivity index (χ4n) is 2.57. The highest BCUT2D eigenvalue weighted by atomic mass is 16.6. The summed E-state index contributed by atoms with van der Waals surface area (Å²) in [4.78, 5) is 12.1. The van der Waals surface area contributed by atoms with Crippen LogP contribution in [0.2, 0.25) is 0 Å². The Hall–Kier alpha value is -0.610. The Kier molecular flexibility index (Phi) is 6.96. The molecule has 0 saturated heterocycles. The summed E-state index contributed by atoms with van der Waals surface area (Å²) < 4.78 is 11.2. The van der Waals surface area contributed by atoms with E-state index >= 15 is 0 Å². The Morgan fingerprint density at radius 1 is 1.35 bits per heavy atom. The predicted molar refractivity (Wildman–Crippen MR) is 78.5 cm³/mol. The van der Waals surface area contributed by atoms with E-state index in [1.54, 1.807) is 0 Å². The van der Waals surface area contributed by atoms with E-state index in [4.69, 9.17) is 9.47 Å². The van der Waals surface area contributed by atoms with Crippen molar-refractivity contribution in [2.45, 2.75) is 84.0 Å². The summed E-state index contributed by atoms with van der Waals surface area (Å²) in [6, 6.07) is 0. The topological polar surface area (TPSA) is 55.8 Å². The molecular formula is C16H30O4. The zero-order valence-corrected chi connectivity index (χ0v) is 13.4. The lowest BCUT2D eigenvalue weighted by molar-refractivity contribution is -0.170. The highest BCUT2D eigenvalue weighted by molar-refractivity contribution is 5.75. The van der Waals surface area contributed by atoms with Gasteiger partial charge in [-0.25, -0.2) is 4.79 Å². The smallest absolute Gasteiger partial charge is 0.335 e. The quantitative estimate of drug-likeness (QED) is 0.762. The largest absolute Gasteiger partial charge is 0.458 e. The van der Waals surface area contributed by atoms with Crippen LogP contribution in [0.4, 0.5) is 0 Å². The molecule has 1 N–H and O–H groups in total. The van der Waals surface area contributed by atoms with Crippen molar-refractivity contribution >= 4 is 5.97 Å². The number of rotatable bonds is 6. The van der Waals surface area contributed by atoms with Crippen LogP contribution in [0.5, 0.6) is 0 Å². The minimum absolute atomic E-state index is 0.205. The van der Waals surface area contributed by atoms with Crippen molar-refractivity contribution in [2.24, 2.45) is 5.92 Å². The number of hydrogen-bond donors (Lipinski definition) is 1. The van der Waals surface area contributed by atoms with Crippen molar-refractivity contribution in [3.8, 4) is 0 Å². The molecule has 0 heterocycles. The Morgan fingerprint density at radius 3 is 2.60 bits per heavy atom. The molecule has 1 aliphatic rings. The molecule has 1 rings (SSSR count). The summed E-state index contributed by atoms with van der Waals surface area (Å²) in [5, 5.41) is 9.66.